The van der Waals surface area contributed by atoms with Crippen LogP contribution in [0.3, 0.4) is 0 Å². The van der Waals surface area contributed by atoms with Gasteiger partial charge in [0.05, 0.1) is 11.5 Å². The topological polar surface area (TPSA) is 75.4 Å². The van der Waals surface area contributed by atoms with Crippen LogP contribution in [0.25, 0.3) is 0 Å². The molecule has 5 aliphatic rings. The van der Waals surface area contributed by atoms with Crippen LogP contribution in [0.15, 0.2) is 12.2 Å². The van der Waals surface area contributed by atoms with Crippen molar-refractivity contribution in [2.45, 2.75) is 118 Å². The zero-order valence-electron chi connectivity index (χ0n) is 24.8. The lowest BCUT2D eigenvalue weighted by atomic mass is 9.32. The fourth-order valence-electron chi connectivity index (χ4n) is 12.0. The molecule has 0 saturated heterocycles. The van der Waals surface area contributed by atoms with Gasteiger partial charge in [-0.05, 0) is 135 Å². The Morgan fingerprint density at radius 2 is 1.65 bits per heavy atom. The first-order valence-corrected chi connectivity index (χ1v) is 15.6. The van der Waals surface area contributed by atoms with Gasteiger partial charge in [-0.3, -0.25) is 4.79 Å². The first kappa shape index (κ1) is 27.7. The van der Waals surface area contributed by atoms with Gasteiger partial charge in [-0.25, -0.2) is 0 Å². The molecule has 5 aliphatic carbocycles. The lowest BCUT2D eigenvalue weighted by Gasteiger charge is -2.72. The minimum Gasteiger partial charge on any atom is -0.393 e. The third kappa shape index (κ3) is 3.63. The molecule has 5 saturated carbocycles. The second-order valence-corrected chi connectivity index (χ2v) is 15.6. The molecule has 37 heavy (non-hydrogen) atoms. The van der Waals surface area contributed by atoms with E-state index in [2.05, 4.69) is 53.4 Å². The number of hydrogen-bond donors (Lipinski definition) is 3. The summed E-state index contributed by atoms with van der Waals surface area (Å²) in [4.78, 5) is 13.9. The van der Waals surface area contributed by atoms with Crippen molar-refractivity contribution in [3.05, 3.63) is 12.2 Å². The highest BCUT2D eigenvalue weighted by Gasteiger charge is 2.71. The van der Waals surface area contributed by atoms with E-state index in [-0.39, 0.29) is 27.8 Å². The molecule has 10 atom stereocenters. The summed E-state index contributed by atoms with van der Waals surface area (Å²) in [6.45, 7) is 20.6. The van der Waals surface area contributed by atoms with Crippen LogP contribution >= 0.6 is 0 Å². The number of aliphatic hydroxyl groups is 1. The Balaban J connectivity index is 1.51. The fourth-order valence-corrected chi connectivity index (χ4v) is 12.0. The summed E-state index contributed by atoms with van der Waals surface area (Å²) in [6.07, 6.45) is 12.1. The summed E-state index contributed by atoms with van der Waals surface area (Å²) in [5.41, 5.74) is 7.61. The number of aliphatic hydroxyl groups excluding tert-OH is 1. The summed E-state index contributed by atoms with van der Waals surface area (Å²) in [7, 11) is 0. The molecule has 0 heterocycles. The molecule has 0 radical (unpaired) electrons. The van der Waals surface area contributed by atoms with Gasteiger partial charge in [0.25, 0.3) is 0 Å². The van der Waals surface area contributed by atoms with Crippen LogP contribution in [-0.2, 0) is 4.79 Å². The van der Waals surface area contributed by atoms with Gasteiger partial charge in [0.15, 0.2) is 0 Å². The van der Waals surface area contributed by atoms with Crippen LogP contribution in [0.5, 0.6) is 0 Å². The van der Waals surface area contributed by atoms with Crippen LogP contribution in [0.2, 0.25) is 0 Å². The third-order valence-electron chi connectivity index (χ3n) is 14.2. The molecule has 4 N–H and O–H groups in total. The summed E-state index contributed by atoms with van der Waals surface area (Å²) in [5, 5.41) is 14.3. The van der Waals surface area contributed by atoms with Gasteiger partial charge in [0, 0.05) is 6.54 Å². The van der Waals surface area contributed by atoms with Crippen LogP contribution in [0.4, 0.5) is 0 Å². The molecule has 0 aromatic carbocycles. The quantitative estimate of drug-likeness (QED) is 0.292. The van der Waals surface area contributed by atoms with Crippen LogP contribution in [-0.4, -0.2) is 30.2 Å². The monoisotopic (exact) mass is 512 g/mol. The molecule has 4 heteroatoms. The van der Waals surface area contributed by atoms with Gasteiger partial charge in [-0.2, -0.15) is 0 Å². The number of amides is 1. The molecule has 0 aromatic heterocycles. The Labute approximate surface area is 227 Å². The Morgan fingerprint density at radius 1 is 0.919 bits per heavy atom. The maximum atomic E-state index is 13.9. The Morgan fingerprint density at radius 3 is 2.32 bits per heavy atom. The Hall–Kier alpha value is -0.870. The van der Waals surface area contributed by atoms with Crippen molar-refractivity contribution in [3.63, 3.8) is 0 Å². The standard InChI is InChI=1S/C33H56N2O2/c1-21(2)22-11-16-33(28(37)35-20-8-19-34)18-17-31(6)23(27(22)33)9-10-25-30(5)14-13-26(36)29(3,4)24(30)12-15-32(25,31)7/h22-27,36H,1,8-20,34H2,2-7H3,(H,35,37)/t22-,23+,24-,25+,26-,27+,30-,31+,32+,33-/m0/s1. The second kappa shape index (κ2) is 9.08. The van der Waals surface area contributed by atoms with Crippen molar-refractivity contribution in [2.24, 2.45) is 62.4 Å². The highest BCUT2D eigenvalue weighted by molar-refractivity contribution is 5.83. The number of carbonyl (C=O) groups is 1. The molecular weight excluding hydrogens is 456 g/mol. The first-order chi connectivity index (χ1) is 17.3. The highest BCUT2D eigenvalue weighted by atomic mass is 16.3. The number of carbonyl (C=O) groups excluding carboxylic acids is 1. The summed E-state index contributed by atoms with van der Waals surface area (Å²) in [5.74, 6) is 3.04. The molecule has 210 valence electrons. The smallest absolute Gasteiger partial charge is 0.226 e. The van der Waals surface area contributed by atoms with E-state index in [9.17, 15) is 9.90 Å². The summed E-state index contributed by atoms with van der Waals surface area (Å²) in [6, 6.07) is 0. The van der Waals surface area contributed by atoms with Gasteiger partial charge in [0.2, 0.25) is 5.91 Å². The van der Waals surface area contributed by atoms with Gasteiger partial charge < -0.3 is 16.2 Å². The average Bonchev–Trinajstić information content (AvgIpc) is 3.24. The Bertz CT molecular complexity index is 929. The molecular formula is C33H56N2O2. The van der Waals surface area contributed by atoms with E-state index < -0.39 is 0 Å². The maximum absolute atomic E-state index is 13.9. The van der Waals surface area contributed by atoms with Crippen molar-refractivity contribution in [2.75, 3.05) is 13.1 Å². The SMILES string of the molecule is C=C(C)[C@@H]1CC[C@]2(C(=O)NCCCN)CC[C@]3(C)[C@H](CC[C@@H]4[C@@]5(C)CC[C@H](O)C(C)(C)[C@@H]5CC[C@]43C)[C@@H]12. The van der Waals surface area contributed by atoms with Crippen LogP contribution in [0.1, 0.15) is 112 Å². The molecule has 4 nitrogen and oxygen atoms in total. The van der Waals surface area contributed by atoms with E-state index >= 15 is 0 Å². The molecule has 0 unspecified atom stereocenters. The fraction of sp³-hybridized carbons (Fsp3) is 0.909. The number of nitrogens with one attached hydrogen (secondary N) is 1. The second-order valence-electron chi connectivity index (χ2n) is 15.6. The van der Waals surface area contributed by atoms with Crippen molar-refractivity contribution in [1.29, 1.82) is 0 Å². The summed E-state index contributed by atoms with van der Waals surface area (Å²) >= 11 is 0. The van der Waals surface area contributed by atoms with Crippen molar-refractivity contribution in [3.8, 4) is 0 Å². The highest BCUT2D eigenvalue weighted by Crippen LogP contribution is 2.77. The zero-order chi connectivity index (χ0) is 27.0. The minimum atomic E-state index is -0.233. The zero-order valence-corrected chi connectivity index (χ0v) is 24.8. The molecule has 0 aromatic rings. The van der Waals surface area contributed by atoms with Crippen molar-refractivity contribution < 1.29 is 9.90 Å². The van der Waals surface area contributed by atoms with Gasteiger partial charge in [-0.1, -0.05) is 46.8 Å². The van der Waals surface area contributed by atoms with E-state index in [1.807, 2.05) is 0 Å². The lowest BCUT2D eigenvalue weighted by Crippen LogP contribution is -2.67. The predicted molar refractivity (Wildman–Crippen MR) is 152 cm³/mol. The summed E-state index contributed by atoms with van der Waals surface area (Å²) < 4.78 is 0. The maximum Gasteiger partial charge on any atom is 0.226 e. The van der Waals surface area contributed by atoms with E-state index in [0.717, 1.165) is 38.5 Å². The number of rotatable bonds is 5. The average molecular weight is 513 g/mol. The van der Waals surface area contributed by atoms with E-state index in [4.69, 9.17) is 5.73 Å². The van der Waals surface area contributed by atoms with E-state index in [1.54, 1.807) is 0 Å². The van der Waals surface area contributed by atoms with Gasteiger partial charge in [-0.15, -0.1) is 0 Å². The number of nitrogens with two attached hydrogens (primary N) is 1. The normalized spacial score (nSPS) is 50.3. The number of fused-ring (bicyclic) bond motifs is 7. The first-order valence-electron chi connectivity index (χ1n) is 15.6. The van der Waals surface area contributed by atoms with Gasteiger partial charge in [0.1, 0.15) is 0 Å². The number of allylic oxidation sites excluding steroid dienone is 1. The number of hydrogen-bond acceptors (Lipinski definition) is 3. The molecule has 1 amide bonds. The molecule has 0 spiro atoms. The van der Waals surface area contributed by atoms with Crippen LogP contribution < -0.4 is 11.1 Å². The third-order valence-corrected chi connectivity index (χ3v) is 14.2. The van der Waals surface area contributed by atoms with E-state index in [1.165, 1.54) is 37.7 Å². The lowest BCUT2D eigenvalue weighted by molar-refractivity contribution is -0.246. The van der Waals surface area contributed by atoms with Crippen molar-refractivity contribution >= 4 is 5.91 Å². The predicted octanol–water partition coefficient (Wildman–Crippen LogP) is 6.47. The van der Waals surface area contributed by atoms with E-state index in [0.29, 0.717) is 54.0 Å². The van der Waals surface area contributed by atoms with Gasteiger partial charge >= 0.3 is 0 Å². The molecule has 5 fully saturated rings. The molecule has 5 rings (SSSR count). The minimum absolute atomic E-state index is 0.00802. The molecule has 0 aliphatic heterocycles. The molecule has 0 bridgehead atoms. The Kier molecular flexibility index (Phi) is 6.80. The largest absolute Gasteiger partial charge is 0.393 e. The van der Waals surface area contributed by atoms with Crippen molar-refractivity contribution in [1.82, 2.24) is 5.32 Å². The van der Waals surface area contributed by atoms with Crippen LogP contribution in [0, 0.1) is 56.7 Å².